The van der Waals surface area contributed by atoms with E-state index in [2.05, 4.69) is 5.32 Å². The van der Waals surface area contributed by atoms with Crippen molar-refractivity contribution >= 4 is 23.4 Å². The van der Waals surface area contributed by atoms with Crippen molar-refractivity contribution < 1.29 is 14.0 Å². The molecule has 0 spiro atoms. The van der Waals surface area contributed by atoms with Crippen LogP contribution in [0.3, 0.4) is 0 Å². The first-order valence-electron chi connectivity index (χ1n) is 8.14. The highest BCUT2D eigenvalue weighted by Crippen LogP contribution is 2.31. The van der Waals surface area contributed by atoms with Crippen molar-refractivity contribution in [1.29, 1.82) is 0 Å². The van der Waals surface area contributed by atoms with Gasteiger partial charge in [-0.1, -0.05) is 35.9 Å². The average molecular weight is 361 g/mol. The SMILES string of the molecule is O=C(NCC(=O)N1CCCC1c1ccc(F)cc1)c1ccccc1Cl. The molecule has 2 aromatic rings. The van der Waals surface area contributed by atoms with Crippen molar-refractivity contribution in [2.24, 2.45) is 0 Å². The minimum atomic E-state index is -0.378. The Balaban J connectivity index is 1.63. The molecule has 0 bridgehead atoms. The normalized spacial score (nSPS) is 16.7. The van der Waals surface area contributed by atoms with E-state index in [-0.39, 0.29) is 30.2 Å². The minimum Gasteiger partial charge on any atom is -0.343 e. The standard InChI is InChI=1S/C19H18ClFN2O2/c20-16-5-2-1-4-15(16)19(25)22-12-18(24)23-11-3-6-17(23)13-7-9-14(21)10-8-13/h1-2,4-5,7-10,17H,3,6,11-12H2,(H,22,25). The summed E-state index contributed by atoms with van der Waals surface area (Å²) in [5.74, 6) is -0.838. The maximum Gasteiger partial charge on any atom is 0.253 e. The van der Waals surface area contributed by atoms with E-state index in [1.54, 1.807) is 41.3 Å². The first-order valence-corrected chi connectivity index (χ1v) is 8.51. The highest BCUT2D eigenvalue weighted by Gasteiger charge is 2.30. The van der Waals surface area contributed by atoms with Crippen LogP contribution in [0, 0.1) is 5.82 Å². The Kier molecular flexibility index (Phi) is 5.34. The molecule has 1 aliphatic rings. The summed E-state index contributed by atoms with van der Waals surface area (Å²) < 4.78 is 13.1. The summed E-state index contributed by atoms with van der Waals surface area (Å²) in [6.07, 6.45) is 1.71. The molecule has 1 unspecified atom stereocenters. The average Bonchev–Trinajstić information content (AvgIpc) is 3.10. The number of amides is 2. The first-order chi connectivity index (χ1) is 12.1. The van der Waals surface area contributed by atoms with Crippen LogP contribution in [0.2, 0.25) is 5.02 Å². The molecule has 25 heavy (non-hydrogen) atoms. The van der Waals surface area contributed by atoms with Crippen LogP contribution < -0.4 is 5.32 Å². The van der Waals surface area contributed by atoms with E-state index >= 15 is 0 Å². The highest BCUT2D eigenvalue weighted by molar-refractivity contribution is 6.33. The van der Waals surface area contributed by atoms with E-state index in [1.807, 2.05) is 0 Å². The summed E-state index contributed by atoms with van der Waals surface area (Å²) in [5.41, 5.74) is 1.25. The number of nitrogens with one attached hydrogen (secondary N) is 1. The molecule has 0 radical (unpaired) electrons. The molecule has 3 rings (SSSR count). The van der Waals surface area contributed by atoms with Crippen LogP contribution in [-0.4, -0.2) is 29.8 Å². The number of rotatable bonds is 4. The van der Waals surface area contributed by atoms with Gasteiger partial charge in [0, 0.05) is 6.54 Å². The molecule has 6 heteroatoms. The van der Waals surface area contributed by atoms with Crippen molar-refractivity contribution in [2.45, 2.75) is 18.9 Å². The van der Waals surface area contributed by atoms with Gasteiger partial charge in [0.25, 0.3) is 5.91 Å². The fourth-order valence-corrected chi connectivity index (χ4v) is 3.32. The summed E-state index contributed by atoms with van der Waals surface area (Å²) in [6.45, 7) is 0.532. The molecule has 1 aliphatic heterocycles. The van der Waals surface area contributed by atoms with Gasteiger partial charge in [0.2, 0.25) is 5.91 Å². The smallest absolute Gasteiger partial charge is 0.253 e. The molecular weight excluding hydrogens is 343 g/mol. The number of hydrogen-bond acceptors (Lipinski definition) is 2. The van der Waals surface area contributed by atoms with E-state index < -0.39 is 0 Å². The lowest BCUT2D eigenvalue weighted by atomic mass is 10.0. The van der Waals surface area contributed by atoms with E-state index in [1.165, 1.54) is 12.1 Å². The number of nitrogens with zero attached hydrogens (tertiary/aromatic N) is 1. The second-order valence-corrected chi connectivity index (χ2v) is 6.37. The molecule has 1 atom stereocenters. The van der Waals surface area contributed by atoms with Crippen LogP contribution in [0.5, 0.6) is 0 Å². The molecule has 130 valence electrons. The number of carbonyl (C=O) groups excluding carboxylic acids is 2. The fourth-order valence-electron chi connectivity index (χ4n) is 3.09. The Morgan fingerprint density at radius 1 is 1.16 bits per heavy atom. The van der Waals surface area contributed by atoms with Gasteiger partial charge in [-0.05, 0) is 42.7 Å². The lowest BCUT2D eigenvalue weighted by Crippen LogP contribution is -2.39. The second kappa shape index (κ2) is 7.66. The van der Waals surface area contributed by atoms with E-state index in [0.29, 0.717) is 17.1 Å². The van der Waals surface area contributed by atoms with Gasteiger partial charge in [0.05, 0.1) is 23.2 Å². The largest absolute Gasteiger partial charge is 0.343 e. The van der Waals surface area contributed by atoms with Gasteiger partial charge in [-0.3, -0.25) is 9.59 Å². The van der Waals surface area contributed by atoms with Gasteiger partial charge in [-0.2, -0.15) is 0 Å². The zero-order valence-corrected chi connectivity index (χ0v) is 14.3. The Morgan fingerprint density at radius 3 is 2.60 bits per heavy atom. The third-order valence-corrected chi connectivity index (χ3v) is 4.68. The summed E-state index contributed by atoms with van der Waals surface area (Å²) in [6, 6.07) is 12.8. The summed E-state index contributed by atoms with van der Waals surface area (Å²) in [7, 11) is 0. The van der Waals surface area contributed by atoms with Crippen molar-refractivity contribution in [3.8, 4) is 0 Å². The van der Waals surface area contributed by atoms with Crippen molar-refractivity contribution in [1.82, 2.24) is 10.2 Å². The van der Waals surface area contributed by atoms with Crippen molar-refractivity contribution in [3.63, 3.8) is 0 Å². The molecule has 2 amide bonds. The van der Waals surface area contributed by atoms with Gasteiger partial charge in [0.15, 0.2) is 0 Å². The van der Waals surface area contributed by atoms with Gasteiger partial charge >= 0.3 is 0 Å². The third-order valence-electron chi connectivity index (χ3n) is 4.35. The summed E-state index contributed by atoms with van der Waals surface area (Å²) in [4.78, 5) is 26.4. The van der Waals surface area contributed by atoms with Crippen LogP contribution in [0.15, 0.2) is 48.5 Å². The Bertz CT molecular complexity index is 779. The number of likely N-dealkylation sites (tertiary alicyclic amines) is 1. The Labute approximate surface area is 150 Å². The third kappa shape index (κ3) is 3.99. The quantitative estimate of drug-likeness (QED) is 0.906. The molecule has 0 saturated carbocycles. The van der Waals surface area contributed by atoms with Gasteiger partial charge in [0.1, 0.15) is 5.82 Å². The molecule has 2 aromatic carbocycles. The van der Waals surface area contributed by atoms with Gasteiger partial charge in [-0.15, -0.1) is 0 Å². The number of benzene rings is 2. The zero-order chi connectivity index (χ0) is 17.8. The molecule has 1 saturated heterocycles. The topological polar surface area (TPSA) is 49.4 Å². The van der Waals surface area contributed by atoms with Gasteiger partial charge in [-0.25, -0.2) is 4.39 Å². The molecular formula is C19H18ClFN2O2. The molecule has 1 N–H and O–H groups in total. The van der Waals surface area contributed by atoms with E-state index in [4.69, 9.17) is 11.6 Å². The molecule has 0 aromatic heterocycles. The fraction of sp³-hybridized carbons (Fsp3) is 0.263. The summed E-state index contributed by atoms with van der Waals surface area (Å²) >= 11 is 5.99. The van der Waals surface area contributed by atoms with Crippen molar-refractivity contribution in [2.75, 3.05) is 13.1 Å². The predicted octanol–water partition coefficient (Wildman–Crippen LogP) is 3.57. The van der Waals surface area contributed by atoms with Crippen LogP contribution in [-0.2, 0) is 4.79 Å². The molecule has 1 heterocycles. The van der Waals surface area contributed by atoms with Crippen LogP contribution in [0.25, 0.3) is 0 Å². The molecule has 4 nitrogen and oxygen atoms in total. The zero-order valence-electron chi connectivity index (χ0n) is 13.5. The van der Waals surface area contributed by atoms with E-state index in [9.17, 15) is 14.0 Å². The predicted molar refractivity (Wildman–Crippen MR) is 93.9 cm³/mol. The monoisotopic (exact) mass is 360 g/mol. The Morgan fingerprint density at radius 2 is 1.88 bits per heavy atom. The van der Waals surface area contributed by atoms with E-state index in [0.717, 1.165) is 18.4 Å². The Hall–Kier alpha value is -2.40. The van der Waals surface area contributed by atoms with Crippen molar-refractivity contribution in [3.05, 3.63) is 70.5 Å². The van der Waals surface area contributed by atoms with Crippen LogP contribution in [0.4, 0.5) is 4.39 Å². The number of carbonyl (C=O) groups is 2. The maximum atomic E-state index is 13.1. The molecule has 0 aliphatic carbocycles. The molecule has 1 fully saturated rings. The van der Waals surface area contributed by atoms with Crippen LogP contribution in [0.1, 0.15) is 34.8 Å². The van der Waals surface area contributed by atoms with Gasteiger partial charge < -0.3 is 10.2 Å². The second-order valence-electron chi connectivity index (χ2n) is 5.96. The first kappa shape index (κ1) is 17.4. The van der Waals surface area contributed by atoms with Crippen LogP contribution >= 0.6 is 11.6 Å². The lowest BCUT2D eigenvalue weighted by molar-refractivity contribution is -0.131. The highest BCUT2D eigenvalue weighted by atomic mass is 35.5. The number of hydrogen-bond donors (Lipinski definition) is 1. The summed E-state index contributed by atoms with van der Waals surface area (Å²) in [5, 5.41) is 2.97. The maximum absolute atomic E-state index is 13.1. The number of halogens is 2. The minimum absolute atomic E-state index is 0.0784. The lowest BCUT2D eigenvalue weighted by Gasteiger charge is -2.25.